The van der Waals surface area contributed by atoms with E-state index in [2.05, 4.69) is 15.9 Å². The van der Waals surface area contributed by atoms with Crippen LogP contribution in [0, 0.1) is 0 Å². The summed E-state index contributed by atoms with van der Waals surface area (Å²) >= 11 is 27.5. The lowest BCUT2D eigenvalue weighted by Gasteiger charge is -2.23. The quantitative estimate of drug-likeness (QED) is 0.380. The van der Waals surface area contributed by atoms with Gasteiger partial charge in [0, 0.05) is 0 Å². The molecule has 98 valence electrons. The second kappa shape index (κ2) is 4.90. The molecule has 1 heterocycles. The molecule has 0 N–H and O–H groups in total. The van der Waals surface area contributed by atoms with Gasteiger partial charge in [-0.25, -0.2) is 0 Å². The van der Waals surface area contributed by atoms with Gasteiger partial charge in [-0.1, -0.05) is 46.4 Å². The molecule has 0 atom stereocenters. The van der Waals surface area contributed by atoms with E-state index in [0.717, 1.165) is 0 Å². The van der Waals surface area contributed by atoms with Gasteiger partial charge in [0.15, 0.2) is 23.0 Å². The summed E-state index contributed by atoms with van der Waals surface area (Å²) in [6.07, 6.45) is 0. The Morgan fingerprint density at radius 2 is 1.47 bits per heavy atom. The van der Waals surface area contributed by atoms with Crippen LogP contribution >= 0.6 is 62.3 Å². The Kier molecular flexibility index (Phi) is 3.52. The van der Waals surface area contributed by atoms with Crippen LogP contribution in [0.3, 0.4) is 0 Å². The smallest absolute Gasteiger partial charge is 0.191 e. The Balaban J connectivity index is 2.22. The standard InChI is InChI=1S/C12H3BrCl4O2/c13-4-3-6(15)9(17)12-10(4)19-11-7(18-12)2-1-5(14)8(11)16/h1-3H. The van der Waals surface area contributed by atoms with Crippen LogP contribution in [0.25, 0.3) is 0 Å². The van der Waals surface area contributed by atoms with Crippen molar-refractivity contribution in [2.45, 2.75) is 0 Å². The highest BCUT2D eigenvalue weighted by atomic mass is 79.9. The van der Waals surface area contributed by atoms with Crippen LogP contribution < -0.4 is 9.47 Å². The van der Waals surface area contributed by atoms with E-state index in [1.807, 2.05) is 0 Å². The van der Waals surface area contributed by atoms with Gasteiger partial charge in [-0.15, -0.1) is 0 Å². The molecule has 0 aromatic heterocycles. The van der Waals surface area contributed by atoms with E-state index in [0.29, 0.717) is 37.5 Å². The molecule has 0 spiro atoms. The van der Waals surface area contributed by atoms with E-state index in [1.54, 1.807) is 18.2 Å². The minimum Gasteiger partial charge on any atom is -0.448 e. The molecule has 0 bridgehead atoms. The van der Waals surface area contributed by atoms with Crippen molar-refractivity contribution in [3.8, 4) is 23.0 Å². The van der Waals surface area contributed by atoms with Crippen molar-refractivity contribution in [1.82, 2.24) is 0 Å². The lowest BCUT2D eigenvalue weighted by atomic mass is 10.2. The SMILES string of the molecule is Clc1ccc2c(c1Cl)Oc1c(Br)cc(Cl)c(Cl)c1O2. The molecule has 0 aliphatic carbocycles. The number of hydrogen-bond acceptors (Lipinski definition) is 2. The van der Waals surface area contributed by atoms with Crippen molar-refractivity contribution >= 4 is 62.3 Å². The molecule has 0 saturated carbocycles. The predicted octanol–water partition coefficient (Wildman–Crippen LogP) is 6.96. The molecular formula is C12H3BrCl4O2. The summed E-state index contributed by atoms with van der Waals surface area (Å²) in [6.45, 7) is 0. The average Bonchev–Trinajstić information content (AvgIpc) is 2.39. The first-order valence-electron chi connectivity index (χ1n) is 5.00. The van der Waals surface area contributed by atoms with Gasteiger partial charge < -0.3 is 9.47 Å². The second-order valence-electron chi connectivity index (χ2n) is 3.71. The molecular weight excluding hydrogens is 398 g/mol. The summed E-state index contributed by atoms with van der Waals surface area (Å²) < 4.78 is 12.0. The number of fused-ring (bicyclic) bond motifs is 2. The summed E-state index contributed by atoms with van der Waals surface area (Å²) in [6, 6.07) is 4.89. The van der Waals surface area contributed by atoms with Crippen molar-refractivity contribution < 1.29 is 9.47 Å². The fourth-order valence-corrected chi connectivity index (χ4v) is 2.98. The molecule has 7 heteroatoms. The molecule has 0 amide bonds. The van der Waals surface area contributed by atoms with Gasteiger partial charge in [0.1, 0.15) is 10.0 Å². The number of halogens is 5. The maximum absolute atomic E-state index is 6.10. The van der Waals surface area contributed by atoms with E-state index in [1.165, 1.54) is 0 Å². The molecule has 0 fully saturated rings. The van der Waals surface area contributed by atoms with Gasteiger partial charge in [0.25, 0.3) is 0 Å². The highest BCUT2D eigenvalue weighted by molar-refractivity contribution is 9.10. The van der Waals surface area contributed by atoms with Gasteiger partial charge in [-0.2, -0.15) is 0 Å². The number of ether oxygens (including phenoxy) is 2. The van der Waals surface area contributed by atoms with Gasteiger partial charge in [-0.3, -0.25) is 0 Å². The van der Waals surface area contributed by atoms with Crippen LogP contribution in [-0.4, -0.2) is 0 Å². The molecule has 1 aliphatic rings. The van der Waals surface area contributed by atoms with Gasteiger partial charge in [0.2, 0.25) is 0 Å². The minimum atomic E-state index is 0.275. The zero-order chi connectivity index (χ0) is 13.7. The lowest BCUT2D eigenvalue weighted by molar-refractivity contribution is 0.358. The van der Waals surface area contributed by atoms with E-state index in [9.17, 15) is 0 Å². The van der Waals surface area contributed by atoms with Crippen LogP contribution in [0.5, 0.6) is 23.0 Å². The summed E-state index contributed by atoms with van der Waals surface area (Å²) in [5.41, 5.74) is 0. The Morgan fingerprint density at radius 3 is 2.21 bits per heavy atom. The zero-order valence-electron chi connectivity index (χ0n) is 8.94. The lowest BCUT2D eigenvalue weighted by Crippen LogP contribution is -2.01. The molecule has 0 unspecified atom stereocenters. The molecule has 0 radical (unpaired) electrons. The highest BCUT2D eigenvalue weighted by Gasteiger charge is 2.28. The Morgan fingerprint density at radius 1 is 0.789 bits per heavy atom. The van der Waals surface area contributed by atoms with E-state index in [4.69, 9.17) is 55.9 Å². The third kappa shape index (κ3) is 2.18. The van der Waals surface area contributed by atoms with E-state index >= 15 is 0 Å². The van der Waals surface area contributed by atoms with Gasteiger partial charge in [0.05, 0.1) is 14.5 Å². The van der Waals surface area contributed by atoms with Crippen molar-refractivity contribution in [2.24, 2.45) is 0 Å². The first-order chi connectivity index (χ1) is 8.99. The molecule has 3 rings (SSSR count). The maximum atomic E-state index is 6.10. The van der Waals surface area contributed by atoms with E-state index in [-0.39, 0.29) is 10.0 Å². The van der Waals surface area contributed by atoms with Crippen LogP contribution in [0.1, 0.15) is 0 Å². The average molecular weight is 401 g/mol. The largest absolute Gasteiger partial charge is 0.448 e. The number of rotatable bonds is 0. The van der Waals surface area contributed by atoms with Crippen LogP contribution in [-0.2, 0) is 0 Å². The molecule has 2 aromatic carbocycles. The van der Waals surface area contributed by atoms with Crippen molar-refractivity contribution in [2.75, 3.05) is 0 Å². The summed E-state index contributed by atoms with van der Waals surface area (Å²) in [5.74, 6) is 1.52. The van der Waals surface area contributed by atoms with Crippen molar-refractivity contribution in [1.29, 1.82) is 0 Å². The number of hydrogen-bond donors (Lipinski definition) is 0. The molecule has 19 heavy (non-hydrogen) atoms. The Hall–Kier alpha value is -0.320. The summed E-state index contributed by atoms with van der Waals surface area (Å²) in [4.78, 5) is 0. The normalized spacial score (nSPS) is 12.3. The van der Waals surface area contributed by atoms with Gasteiger partial charge >= 0.3 is 0 Å². The molecule has 1 aliphatic heterocycles. The minimum absolute atomic E-state index is 0.275. The van der Waals surface area contributed by atoms with E-state index < -0.39 is 0 Å². The van der Waals surface area contributed by atoms with Crippen molar-refractivity contribution in [3.63, 3.8) is 0 Å². The monoisotopic (exact) mass is 398 g/mol. The Bertz CT molecular complexity index is 703. The number of benzene rings is 2. The van der Waals surface area contributed by atoms with Crippen LogP contribution in [0.15, 0.2) is 22.7 Å². The third-order valence-electron chi connectivity index (χ3n) is 2.52. The molecule has 2 aromatic rings. The highest BCUT2D eigenvalue weighted by Crippen LogP contribution is 2.56. The Labute approximate surface area is 137 Å². The van der Waals surface area contributed by atoms with Gasteiger partial charge in [-0.05, 0) is 34.1 Å². The fraction of sp³-hybridized carbons (Fsp3) is 0. The topological polar surface area (TPSA) is 18.5 Å². The molecule has 0 saturated heterocycles. The summed E-state index contributed by atoms with van der Waals surface area (Å²) in [7, 11) is 0. The maximum Gasteiger partial charge on any atom is 0.191 e. The second-order valence-corrected chi connectivity index (χ2v) is 6.13. The van der Waals surface area contributed by atoms with Crippen LogP contribution in [0.2, 0.25) is 20.1 Å². The first-order valence-corrected chi connectivity index (χ1v) is 7.30. The first kappa shape index (κ1) is 13.7. The van der Waals surface area contributed by atoms with Crippen molar-refractivity contribution in [3.05, 3.63) is 42.8 Å². The fourth-order valence-electron chi connectivity index (χ4n) is 1.64. The molecule has 2 nitrogen and oxygen atoms in total. The predicted molar refractivity (Wildman–Crippen MR) is 80.8 cm³/mol. The van der Waals surface area contributed by atoms with Crippen LogP contribution in [0.4, 0.5) is 0 Å². The summed E-state index contributed by atoms with van der Waals surface area (Å²) in [5, 5.41) is 1.29. The third-order valence-corrected chi connectivity index (χ3v) is 4.66. The zero-order valence-corrected chi connectivity index (χ0v) is 13.5.